The van der Waals surface area contributed by atoms with E-state index in [2.05, 4.69) is 24.1 Å². The molecule has 3 fully saturated rings. The van der Waals surface area contributed by atoms with Crippen molar-refractivity contribution in [2.45, 2.75) is 115 Å². The summed E-state index contributed by atoms with van der Waals surface area (Å²) < 4.78 is 17.2. The molecule has 37 heavy (non-hydrogen) atoms. The number of nitrogens with one attached hydrogen (secondary N) is 1. The van der Waals surface area contributed by atoms with Crippen LogP contribution in [0.4, 0.5) is 0 Å². The van der Waals surface area contributed by atoms with E-state index in [0.29, 0.717) is 60.4 Å². The third-order valence-electron chi connectivity index (χ3n) is 9.16. The number of carbonyl (C=O) groups is 2. The maximum atomic E-state index is 13.3. The maximum absolute atomic E-state index is 13.3. The van der Waals surface area contributed by atoms with Gasteiger partial charge in [-0.1, -0.05) is 37.8 Å². The fourth-order valence-corrected chi connectivity index (χ4v) is 6.59. The molecule has 0 bridgehead atoms. The van der Waals surface area contributed by atoms with E-state index in [1.165, 1.54) is 0 Å². The minimum Gasteiger partial charge on any atom is -0.462 e. The van der Waals surface area contributed by atoms with Crippen molar-refractivity contribution in [3.8, 4) is 0 Å². The molecule has 1 spiro atoms. The van der Waals surface area contributed by atoms with E-state index in [1.807, 2.05) is 0 Å². The number of nitrogens with zero attached hydrogens (tertiary/aromatic N) is 1. The van der Waals surface area contributed by atoms with Crippen LogP contribution in [0.3, 0.4) is 0 Å². The van der Waals surface area contributed by atoms with E-state index < -0.39 is 11.6 Å². The first kappa shape index (κ1) is 26.5. The lowest BCUT2D eigenvalue weighted by atomic mass is 9.62. The number of Topliss-reactive ketones (excluding diaryl/α,β-unsaturated/α-hetero) is 1. The molecule has 0 radical (unpaired) electrons. The Morgan fingerprint density at radius 2 is 1.97 bits per heavy atom. The smallest absolute Gasteiger partial charge is 0.220 e. The minimum absolute atomic E-state index is 0.0909. The van der Waals surface area contributed by atoms with E-state index in [-0.39, 0.29) is 16.9 Å². The second-order valence-corrected chi connectivity index (χ2v) is 12.4. The number of halogens is 1. The molecule has 8 heteroatoms. The number of aromatic nitrogens is 1. The predicted molar refractivity (Wildman–Crippen MR) is 140 cm³/mol. The SMILES string of the molecule is Cc1nc(/C=C(\Cl)C2CC3(CC4=CO4)OC3(C)CCCC(C)CCC(=O)C3(CCC3)CCC(=O)N2)co1. The fraction of sp³-hybridized carbons (Fsp3) is 0.690. The van der Waals surface area contributed by atoms with Crippen LogP contribution in [0.1, 0.15) is 102 Å². The van der Waals surface area contributed by atoms with Gasteiger partial charge in [-0.2, -0.15) is 0 Å². The van der Waals surface area contributed by atoms with Gasteiger partial charge in [-0.15, -0.1) is 0 Å². The summed E-state index contributed by atoms with van der Waals surface area (Å²) in [6.07, 6.45) is 14.6. The zero-order valence-electron chi connectivity index (χ0n) is 22.2. The molecule has 5 rings (SSSR count). The van der Waals surface area contributed by atoms with E-state index in [0.717, 1.165) is 50.7 Å². The Bertz CT molecular complexity index is 1110. The molecule has 1 aliphatic carbocycles. The normalized spacial score (nSPS) is 34.6. The Balaban J connectivity index is 1.40. The number of ether oxygens (including phenoxy) is 2. The first-order valence-electron chi connectivity index (χ1n) is 13.8. The van der Waals surface area contributed by atoms with Crippen LogP contribution < -0.4 is 5.32 Å². The Morgan fingerprint density at radius 3 is 2.62 bits per heavy atom. The Kier molecular flexibility index (Phi) is 7.31. The molecule has 202 valence electrons. The molecule has 4 aliphatic rings. The molecule has 4 heterocycles. The molecule has 1 aromatic rings. The van der Waals surface area contributed by atoms with Crippen LogP contribution in [-0.2, 0) is 19.1 Å². The van der Waals surface area contributed by atoms with Gasteiger partial charge in [0.25, 0.3) is 0 Å². The number of epoxide rings is 1. The third kappa shape index (κ3) is 5.83. The van der Waals surface area contributed by atoms with E-state index >= 15 is 0 Å². The van der Waals surface area contributed by atoms with Crippen molar-refractivity contribution in [3.63, 3.8) is 0 Å². The highest BCUT2D eigenvalue weighted by Crippen LogP contribution is 2.59. The molecular formula is C29H39ClN2O5. The van der Waals surface area contributed by atoms with Gasteiger partial charge >= 0.3 is 0 Å². The lowest BCUT2D eigenvalue weighted by molar-refractivity contribution is -0.135. The number of aryl methyl sites for hydroxylation is 1. The summed E-state index contributed by atoms with van der Waals surface area (Å²) in [5, 5.41) is 3.66. The standard InChI is InChI=1S/C29H39ClN2O5/c1-19-6-4-10-27(3)29(37-27,15-22-18-36-22)16-24(23(30)14-21-17-35-20(2)31-21)32-26(34)9-13-28(11-5-12-28)25(33)8-7-19/h14,17-19,24H,4-13,15-16H2,1-3H3,(H,32,34)/b23-14-. The lowest BCUT2D eigenvalue weighted by Gasteiger charge is -2.41. The first-order chi connectivity index (χ1) is 17.6. The summed E-state index contributed by atoms with van der Waals surface area (Å²) in [6.45, 7) is 6.18. The molecule has 3 aliphatic heterocycles. The molecule has 2 saturated heterocycles. The quantitative estimate of drug-likeness (QED) is 0.456. The highest BCUT2D eigenvalue weighted by atomic mass is 35.5. The number of carbonyl (C=O) groups excluding carboxylic acids is 2. The lowest BCUT2D eigenvalue weighted by Crippen LogP contribution is -2.43. The van der Waals surface area contributed by atoms with Crippen LogP contribution in [0.15, 0.2) is 27.7 Å². The summed E-state index contributed by atoms with van der Waals surface area (Å²) >= 11 is 6.86. The average Bonchev–Trinajstić information content (AvgIpc) is 3.68. The third-order valence-corrected chi connectivity index (χ3v) is 9.53. The molecule has 4 unspecified atom stereocenters. The molecule has 0 aromatic carbocycles. The first-order valence-corrected chi connectivity index (χ1v) is 14.2. The predicted octanol–water partition coefficient (Wildman–Crippen LogP) is 6.35. The molecule has 4 atom stereocenters. The highest BCUT2D eigenvalue weighted by molar-refractivity contribution is 6.32. The Labute approximate surface area is 224 Å². The summed E-state index contributed by atoms with van der Waals surface area (Å²) in [7, 11) is 0. The van der Waals surface area contributed by atoms with Gasteiger partial charge in [-0.25, -0.2) is 4.98 Å². The summed E-state index contributed by atoms with van der Waals surface area (Å²) in [6, 6.07) is -0.452. The largest absolute Gasteiger partial charge is 0.462 e. The van der Waals surface area contributed by atoms with Crippen molar-refractivity contribution < 1.29 is 23.5 Å². The molecule has 1 saturated carbocycles. The van der Waals surface area contributed by atoms with Crippen LogP contribution in [0.5, 0.6) is 0 Å². The second kappa shape index (κ2) is 10.2. The highest BCUT2D eigenvalue weighted by Gasteiger charge is 2.67. The van der Waals surface area contributed by atoms with Crippen LogP contribution in [-0.4, -0.2) is 33.9 Å². The Hall–Kier alpha value is -2.12. The zero-order valence-corrected chi connectivity index (χ0v) is 23.0. The van der Waals surface area contributed by atoms with Crippen molar-refractivity contribution >= 4 is 29.4 Å². The summed E-state index contributed by atoms with van der Waals surface area (Å²) in [4.78, 5) is 30.8. The van der Waals surface area contributed by atoms with Crippen LogP contribution in [0, 0.1) is 18.3 Å². The Morgan fingerprint density at radius 1 is 1.19 bits per heavy atom. The summed E-state index contributed by atoms with van der Waals surface area (Å²) in [5.41, 5.74) is -0.505. The van der Waals surface area contributed by atoms with Gasteiger partial charge in [0.05, 0.1) is 11.6 Å². The van der Waals surface area contributed by atoms with Crippen LogP contribution in [0.2, 0.25) is 0 Å². The van der Waals surface area contributed by atoms with Crippen LogP contribution in [0.25, 0.3) is 6.08 Å². The number of hydrogen-bond acceptors (Lipinski definition) is 6. The van der Waals surface area contributed by atoms with Crippen molar-refractivity contribution in [2.24, 2.45) is 11.3 Å². The van der Waals surface area contributed by atoms with Gasteiger partial charge < -0.3 is 19.2 Å². The zero-order chi connectivity index (χ0) is 26.3. The van der Waals surface area contributed by atoms with E-state index in [9.17, 15) is 9.59 Å². The molecule has 1 amide bonds. The van der Waals surface area contributed by atoms with Gasteiger partial charge in [-0.05, 0) is 51.0 Å². The maximum Gasteiger partial charge on any atom is 0.220 e. The molecule has 7 nitrogen and oxygen atoms in total. The van der Waals surface area contributed by atoms with Gasteiger partial charge in [-0.3, -0.25) is 9.59 Å². The van der Waals surface area contributed by atoms with Crippen LogP contribution >= 0.6 is 11.6 Å². The number of hydrogen-bond donors (Lipinski definition) is 1. The van der Waals surface area contributed by atoms with Crippen molar-refractivity contribution in [2.75, 3.05) is 0 Å². The second-order valence-electron chi connectivity index (χ2n) is 11.9. The monoisotopic (exact) mass is 530 g/mol. The number of rotatable bonds is 4. The number of ketones is 1. The van der Waals surface area contributed by atoms with Crippen molar-refractivity contribution in [1.29, 1.82) is 0 Å². The van der Waals surface area contributed by atoms with E-state index in [4.69, 9.17) is 25.5 Å². The van der Waals surface area contributed by atoms with E-state index in [1.54, 1.807) is 25.5 Å². The van der Waals surface area contributed by atoms with Gasteiger partial charge in [0, 0.05) is 43.1 Å². The molecular weight excluding hydrogens is 492 g/mol. The molecule has 1 aromatic heterocycles. The number of fused-ring (bicyclic) bond motifs is 1. The fourth-order valence-electron chi connectivity index (χ4n) is 6.35. The molecule has 1 N–H and O–H groups in total. The summed E-state index contributed by atoms with van der Waals surface area (Å²) in [5.74, 6) is 2.21. The minimum atomic E-state index is -0.466. The van der Waals surface area contributed by atoms with Gasteiger partial charge in [0.15, 0.2) is 5.89 Å². The van der Waals surface area contributed by atoms with Crippen molar-refractivity contribution in [3.05, 3.63) is 34.9 Å². The average molecular weight is 531 g/mol. The van der Waals surface area contributed by atoms with Gasteiger partial charge in [0.1, 0.15) is 35.4 Å². The van der Waals surface area contributed by atoms with Crippen molar-refractivity contribution in [1.82, 2.24) is 10.3 Å². The number of oxazole rings is 1. The van der Waals surface area contributed by atoms with Gasteiger partial charge in [0.2, 0.25) is 5.91 Å². The number of amides is 1. The topological polar surface area (TPSA) is 97.3 Å².